The molecule has 0 bridgehead atoms. The van der Waals surface area contributed by atoms with Crippen LogP contribution in [0.25, 0.3) is 0 Å². The van der Waals surface area contributed by atoms with Gasteiger partial charge in [0.1, 0.15) is 0 Å². The summed E-state index contributed by atoms with van der Waals surface area (Å²) in [7, 11) is 0. The Morgan fingerprint density at radius 3 is 2.16 bits per heavy atom. The summed E-state index contributed by atoms with van der Waals surface area (Å²) in [5.41, 5.74) is 0.392. The largest absolute Gasteiger partial charge is 0.497 e. The van der Waals surface area contributed by atoms with Gasteiger partial charge in [-0.05, 0) is 87.3 Å². The zero-order valence-electron chi connectivity index (χ0n) is 19.9. The van der Waals surface area contributed by atoms with Crippen molar-refractivity contribution in [3.63, 3.8) is 0 Å². The zero-order valence-corrected chi connectivity index (χ0v) is 19.9. The van der Waals surface area contributed by atoms with E-state index >= 15 is 0 Å². The molecule has 2 fully saturated rings. The van der Waals surface area contributed by atoms with Crippen molar-refractivity contribution in [1.29, 1.82) is 0 Å². The first-order valence-electron chi connectivity index (χ1n) is 13.0. The number of benzene rings is 1. The highest BCUT2D eigenvalue weighted by atomic mass is 19.2. The predicted octanol–water partition coefficient (Wildman–Crippen LogP) is 8.16. The summed E-state index contributed by atoms with van der Waals surface area (Å²) in [4.78, 5) is 0. The minimum Gasteiger partial charge on any atom is -0.497 e. The van der Waals surface area contributed by atoms with Gasteiger partial charge in [-0.3, -0.25) is 0 Å². The Labute approximate surface area is 192 Å². The zero-order chi connectivity index (χ0) is 22.5. The fourth-order valence-corrected chi connectivity index (χ4v) is 6.44. The molecule has 0 aromatic heterocycles. The van der Waals surface area contributed by atoms with Crippen LogP contribution in [0.3, 0.4) is 0 Å². The summed E-state index contributed by atoms with van der Waals surface area (Å²) in [5, 5.41) is 0. The molecule has 2 aliphatic carbocycles. The predicted molar refractivity (Wildman–Crippen MR) is 125 cm³/mol. The SMILES string of the molecule is CCCC1CCC(C2CCC(C3=CCC(c4ccc(OCC)c(F)c4F)CO3)CC2)CC1. The molecular formula is C28H40F2O2. The molecule has 1 aromatic carbocycles. The van der Waals surface area contributed by atoms with Crippen LogP contribution in [0.1, 0.15) is 96.0 Å². The van der Waals surface area contributed by atoms with Gasteiger partial charge in [0.15, 0.2) is 11.6 Å². The number of hydrogen-bond acceptors (Lipinski definition) is 2. The summed E-state index contributed by atoms with van der Waals surface area (Å²) >= 11 is 0. The van der Waals surface area contributed by atoms with Gasteiger partial charge in [-0.1, -0.05) is 38.7 Å². The van der Waals surface area contributed by atoms with Gasteiger partial charge in [0, 0.05) is 11.8 Å². The van der Waals surface area contributed by atoms with Gasteiger partial charge in [-0.25, -0.2) is 4.39 Å². The van der Waals surface area contributed by atoms with Crippen LogP contribution in [0.2, 0.25) is 0 Å². The molecule has 0 amide bonds. The fourth-order valence-electron chi connectivity index (χ4n) is 6.44. The fraction of sp³-hybridized carbons (Fsp3) is 0.714. The maximum atomic E-state index is 14.6. The number of allylic oxidation sites excluding steroid dienone is 2. The summed E-state index contributed by atoms with van der Waals surface area (Å²) < 4.78 is 40.1. The third-order valence-electron chi connectivity index (χ3n) is 8.30. The van der Waals surface area contributed by atoms with E-state index in [0.717, 1.165) is 23.5 Å². The van der Waals surface area contributed by atoms with Crippen molar-refractivity contribution in [3.05, 3.63) is 41.2 Å². The third-order valence-corrected chi connectivity index (χ3v) is 8.30. The monoisotopic (exact) mass is 446 g/mol. The Morgan fingerprint density at radius 2 is 1.56 bits per heavy atom. The van der Waals surface area contributed by atoms with Gasteiger partial charge >= 0.3 is 0 Å². The molecule has 2 saturated carbocycles. The third kappa shape index (κ3) is 5.31. The highest BCUT2D eigenvalue weighted by Gasteiger charge is 2.33. The van der Waals surface area contributed by atoms with E-state index in [2.05, 4.69) is 13.0 Å². The van der Waals surface area contributed by atoms with Crippen molar-refractivity contribution >= 4 is 0 Å². The molecular weight excluding hydrogens is 406 g/mol. The van der Waals surface area contributed by atoms with Crippen LogP contribution in [0.4, 0.5) is 8.78 Å². The normalized spacial score (nSPS) is 31.0. The summed E-state index contributed by atoms with van der Waals surface area (Å²) in [6.07, 6.45) is 16.4. The van der Waals surface area contributed by atoms with Crippen molar-refractivity contribution in [2.75, 3.05) is 13.2 Å². The van der Waals surface area contributed by atoms with E-state index in [4.69, 9.17) is 9.47 Å². The van der Waals surface area contributed by atoms with Crippen LogP contribution >= 0.6 is 0 Å². The van der Waals surface area contributed by atoms with Crippen molar-refractivity contribution in [2.45, 2.75) is 90.4 Å². The minimum absolute atomic E-state index is 0.0164. The highest BCUT2D eigenvalue weighted by Crippen LogP contribution is 2.44. The van der Waals surface area contributed by atoms with Crippen molar-refractivity contribution in [3.8, 4) is 5.75 Å². The van der Waals surface area contributed by atoms with Crippen molar-refractivity contribution in [2.24, 2.45) is 23.7 Å². The van der Waals surface area contributed by atoms with E-state index in [1.54, 1.807) is 13.0 Å². The van der Waals surface area contributed by atoms with Crippen LogP contribution in [0, 0.1) is 35.3 Å². The first kappa shape index (κ1) is 23.6. The number of hydrogen-bond donors (Lipinski definition) is 0. The Hall–Kier alpha value is -1.58. The molecule has 0 spiro atoms. The lowest BCUT2D eigenvalue weighted by Gasteiger charge is -2.39. The van der Waals surface area contributed by atoms with E-state index in [1.165, 1.54) is 70.3 Å². The number of ether oxygens (including phenoxy) is 2. The van der Waals surface area contributed by atoms with Gasteiger partial charge in [0.2, 0.25) is 5.82 Å². The van der Waals surface area contributed by atoms with Gasteiger partial charge in [-0.2, -0.15) is 4.39 Å². The van der Waals surface area contributed by atoms with E-state index < -0.39 is 11.6 Å². The molecule has 0 N–H and O–H groups in total. The molecule has 1 aromatic rings. The molecule has 4 heteroatoms. The van der Waals surface area contributed by atoms with Crippen LogP contribution in [-0.4, -0.2) is 13.2 Å². The second-order valence-electron chi connectivity index (χ2n) is 10.2. The molecule has 2 nitrogen and oxygen atoms in total. The highest BCUT2D eigenvalue weighted by molar-refractivity contribution is 5.34. The van der Waals surface area contributed by atoms with Crippen molar-refractivity contribution < 1.29 is 18.3 Å². The van der Waals surface area contributed by atoms with E-state index in [9.17, 15) is 8.78 Å². The van der Waals surface area contributed by atoms with Crippen LogP contribution < -0.4 is 4.74 Å². The summed E-state index contributed by atoms with van der Waals surface area (Å²) in [5.74, 6) is 2.57. The second kappa shape index (κ2) is 11.0. The number of rotatable bonds is 7. The topological polar surface area (TPSA) is 18.5 Å². The summed E-state index contributed by atoms with van der Waals surface area (Å²) in [6.45, 7) is 4.82. The van der Waals surface area contributed by atoms with E-state index in [-0.39, 0.29) is 11.7 Å². The number of halogens is 2. The average Bonchev–Trinajstić information content (AvgIpc) is 2.83. The molecule has 0 saturated heterocycles. The van der Waals surface area contributed by atoms with Gasteiger partial charge in [-0.15, -0.1) is 0 Å². The smallest absolute Gasteiger partial charge is 0.200 e. The lowest BCUT2D eigenvalue weighted by atomic mass is 9.68. The van der Waals surface area contributed by atoms with E-state index in [1.807, 2.05) is 0 Å². The van der Waals surface area contributed by atoms with Crippen LogP contribution in [0.15, 0.2) is 24.0 Å². The maximum Gasteiger partial charge on any atom is 0.200 e. The molecule has 178 valence electrons. The van der Waals surface area contributed by atoms with Crippen LogP contribution in [-0.2, 0) is 4.74 Å². The Kier molecular flexibility index (Phi) is 8.12. The van der Waals surface area contributed by atoms with Gasteiger partial charge in [0.25, 0.3) is 0 Å². The first-order valence-corrected chi connectivity index (χ1v) is 13.0. The quantitative estimate of drug-likeness (QED) is 0.420. The first-order chi connectivity index (χ1) is 15.6. The minimum atomic E-state index is -0.888. The Balaban J connectivity index is 1.28. The molecule has 0 radical (unpaired) electrons. The molecule has 3 aliphatic rings. The Morgan fingerprint density at radius 1 is 0.875 bits per heavy atom. The second-order valence-corrected chi connectivity index (χ2v) is 10.2. The molecule has 1 aliphatic heterocycles. The summed E-state index contributed by atoms with van der Waals surface area (Å²) in [6, 6.07) is 3.18. The van der Waals surface area contributed by atoms with Crippen LogP contribution in [0.5, 0.6) is 5.75 Å². The van der Waals surface area contributed by atoms with Gasteiger partial charge in [0.05, 0.1) is 19.0 Å². The molecule has 4 rings (SSSR count). The maximum absolute atomic E-state index is 14.6. The average molecular weight is 447 g/mol. The lowest BCUT2D eigenvalue weighted by Crippen LogP contribution is -2.27. The van der Waals surface area contributed by atoms with Gasteiger partial charge < -0.3 is 9.47 Å². The van der Waals surface area contributed by atoms with Crippen molar-refractivity contribution in [1.82, 2.24) is 0 Å². The molecule has 1 unspecified atom stereocenters. The molecule has 1 atom stereocenters. The Bertz CT molecular complexity index is 774. The molecule has 1 heterocycles. The molecule has 32 heavy (non-hydrogen) atoms. The van der Waals surface area contributed by atoms with E-state index in [0.29, 0.717) is 31.1 Å². The lowest BCUT2D eigenvalue weighted by molar-refractivity contribution is 0.102. The standard InChI is InChI=1S/C28H40F2O2/c1-3-5-19-6-8-20(9-7-19)21-10-12-22(13-11-21)25-16-14-23(18-32-25)24-15-17-26(31-4-2)28(30)27(24)29/h15-17,19-23H,3-14,18H2,1-2H3.